The van der Waals surface area contributed by atoms with E-state index < -0.39 is 0 Å². The molecule has 1 fully saturated rings. The first-order chi connectivity index (χ1) is 9.98. The summed E-state index contributed by atoms with van der Waals surface area (Å²) in [4.78, 5) is 11.2. The first-order valence-electron chi connectivity index (χ1n) is 7.68. The van der Waals surface area contributed by atoms with Crippen molar-refractivity contribution in [3.8, 4) is 5.75 Å². The number of amides is 1. The molecule has 1 unspecified atom stereocenters. The second-order valence-corrected chi connectivity index (χ2v) is 6.59. The monoisotopic (exact) mass is 290 g/mol. The third-order valence-electron chi connectivity index (χ3n) is 4.06. The van der Waals surface area contributed by atoms with E-state index in [1.54, 1.807) is 7.05 Å². The molecule has 0 aromatic heterocycles. The largest absolute Gasteiger partial charge is 0.484 e. The van der Waals surface area contributed by atoms with Gasteiger partial charge < -0.3 is 15.4 Å². The van der Waals surface area contributed by atoms with E-state index in [0.717, 1.165) is 11.4 Å². The van der Waals surface area contributed by atoms with Crippen molar-refractivity contribution < 1.29 is 9.53 Å². The minimum atomic E-state index is -0.123. The van der Waals surface area contributed by atoms with Crippen LogP contribution in [0.3, 0.4) is 0 Å². The Morgan fingerprint density at radius 2 is 2.24 bits per heavy atom. The Morgan fingerprint density at radius 1 is 1.43 bits per heavy atom. The minimum absolute atomic E-state index is 0.0520. The number of rotatable bonds is 5. The number of carbonyl (C=O) groups is 1. The Morgan fingerprint density at radius 3 is 2.95 bits per heavy atom. The number of benzene rings is 1. The van der Waals surface area contributed by atoms with Crippen molar-refractivity contribution in [2.24, 2.45) is 5.41 Å². The van der Waals surface area contributed by atoms with Gasteiger partial charge in [-0.3, -0.25) is 4.79 Å². The number of nitrogens with one attached hydrogen (secondary N) is 2. The van der Waals surface area contributed by atoms with Crippen LogP contribution < -0.4 is 15.4 Å². The van der Waals surface area contributed by atoms with Crippen LogP contribution in [0, 0.1) is 5.41 Å². The Labute approximate surface area is 127 Å². The summed E-state index contributed by atoms with van der Waals surface area (Å²) in [6.45, 7) is 4.73. The Kier molecular flexibility index (Phi) is 5.10. The fourth-order valence-electron chi connectivity index (χ4n) is 2.95. The van der Waals surface area contributed by atoms with Gasteiger partial charge in [0.1, 0.15) is 5.75 Å². The lowest BCUT2D eigenvalue weighted by Gasteiger charge is -2.36. The lowest BCUT2D eigenvalue weighted by molar-refractivity contribution is -0.122. The zero-order valence-corrected chi connectivity index (χ0v) is 13.2. The van der Waals surface area contributed by atoms with E-state index in [-0.39, 0.29) is 12.5 Å². The predicted molar refractivity (Wildman–Crippen MR) is 85.7 cm³/mol. The van der Waals surface area contributed by atoms with Gasteiger partial charge in [0.25, 0.3) is 5.91 Å². The number of carbonyl (C=O) groups excluding carboxylic acids is 1. The molecule has 0 radical (unpaired) electrons. The predicted octanol–water partition coefficient (Wildman–Crippen LogP) is 3.19. The van der Waals surface area contributed by atoms with Crippen molar-refractivity contribution in [1.82, 2.24) is 5.32 Å². The molecule has 116 valence electrons. The van der Waals surface area contributed by atoms with Gasteiger partial charge in [0.05, 0.1) is 0 Å². The van der Waals surface area contributed by atoms with Crippen molar-refractivity contribution in [1.29, 1.82) is 0 Å². The van der Waals surface area contributed by atoms with Crippen molar-refractivity contribution in [2.45, 2.75) is 45.6 Å². The van der Waals surface area contributed by atoms with Crippen LogP contribution in [0.15, 0.2) is 24.3 Å². The first-order valence-corrected chi connectivity index (χ1v) is 7.68. The SMILES string of the molecule is CNC(=O)COc1cccc(NC2CCCC(C)(C)C2)c1. The van der Waals surface area contributed by atoms with Gasteiger partial charge in [-0.1, -0.05) is 26.3 Å². The highest BCUT2D eigenvalue weighted by Gasteiger charge is 2.27. The standard InChI is InChI=1S/C17H26N2O2/c1-17(2)9-5-7-14(11-17)19-13-6-4-8-15(10-13)21-12-16(20)18-3/h4,6,8,10,14,19H,5,7,9,11-12H2,1-3H3,(H,18,20). The van der Waals surface area contributed by atoms with E-state index in [0.29, 0.717) is 11.5 Å². The van der Waals surface area contributed by atoms with Gasteiger partial charge in [-0.05, 0) is 36.8 Å². The smallest absolute Gasteiger partial charge is 0.257 e. The summed E-state index contributed by atoms with van der Waals surface area (Å²) < 4.78 is 5.48. The number of hydrogen-bond donors (Lipinski definition) is 2. The molecular formula is C17H26N2O2. The molecule has 0 heterocycles. The highest BCUT2D eigenvalue weighted by atomic mass is 16.5. The van der Waals surface area contributed by atoms with Crippen LogP contribution in [0.4, 0.5) is 5.69 Å². The molecule has 0 aliphatic heterocycles. The van der Waals surface area contributed by atoms with E-state index in [2.05, 4.69) is 24.5 Å². The quantitative estimate of drug-likeness (QED) is 0.875. The van der Waals surface area contributed by atoms with Gasteiger partial charge in [-0.15, -0.1) is 0 Å². The molecule has 1 saturated carbocycles. The second kappa shape index (κ2) is 6.83. The second-order valence-electron chi connectivity index (χ2n) is 6.59. The molecule has 1 aromatic rings. The van der Waals surface area contributed by atoms with Gasteiger partial charge in [0.15, 0.2) is 6.61 Å². The van der Waals surface area contributed by atoms with Gasteiger partial charge in [-0.2, -0.15) is 0 Å². The molecule has 1 atom stereocenters. The van der Waals surface area contributed by atoms with Gasteiger partial charge in [0.2, 0.25) is 0 Å². The summed E-state index contributed by atoms with van der Waals surface area (Å²) in [6, 6.07) is 8.36. The van der Waals surface area contributed by atoms with Crippen molar-refractivity contribution in [3.05, 3.63) is 24.3 Å². The summed E-state index contributed by atoms with van der Waals surface area (Å²) in [5, 5.41) is 6.14. The maximum atomic E-state index is 11.2. The maximum Gasteiger partial charge on any atom is 0.257 e. The topological polar surface area (TPSA) is 50.4 Å². The summed E-state index contributed by atoms with van der Waals surface area (Å²) >= 11 is 0. The van der Waals surface area contributed by atoms with Crippen LogP contribution in [-0.4, -0.2) is 25.6 Å². The maximum absolute atomic E-state index is 11.2. The summed E-state index contributed by atoms with van der Waals surface area (Å²) in [5.74, 6) is 0.598. The van der Waals surface area contributed by atoms with E-state index in [9.17, 15) is 4.79 Å². The first kappa shape index (κ1) is 15.7. The third-order valence-corrected chi connectivity index (χ3v) is 4.06. The average Bonchev–Trinajstić information content (AvgIpc) is 2.44. The Hall–Kier alpha value is -1.71. The zero-order valence-electron chi connectivity index (χ0n) is 13.2. The van der Waals surface area contributed by atoms with Gasteiger partial charge in [-0.25, -0.2) is 0 Å². The molecule has 2 rings (SSSR count). The molecule has 21 heavy (non-hydrogen) atoms. The Bertz CT molecular complexity index is 485. The molecular weight excluding hydrogens is 264 g/mol. The molecule has 1 amide bonds. The van der Waals surface area contributed by atoms with Crippen LogP contribution in [0.25, 0.3) is 0 Å². The number of anilines is 1. The fraction of sp³-hybridized carbons (Fsp3) is 0.588. The molecule has 0 bridgehead atoms. The number of ether oxygens (including phenoxy) is 1. The highest BCUT2D eigenvalue weighted by molar-refractivity contribution is 5.77. The molecule has 4 heteroatoms. The van der Waals surface area contributed by atoms with Crippen LogP contribution in [0.1, 0.15) is 39.5 Å². The molecule has 2 N–H and O–H groups in total. The molecule has 4 nitrogen and oxygen atoms in total. The van der Waals surface area contributed by atoms with Crippen LogP contribution in [-0.2, 0) is 4.79 Å². The van der Waals surface area contributed by atoms with Crippen molar-refractivity contribution in [3.63, 3.8) is 0 Å². The van der Waals surface area contributed by atoms with E-state index in [1.807, 2.05) is 24.3 Å². The minimum Gasteiger partial charge on any atom is -0.484 e. The van der Waals surface area contributed by atoms with Crippen molar-refractivity contribution >= 4 is 11.6 Å². The van der Waals surface area contributed by atoms with Crippen LogP contribution in [0.5, 0.6) is 5.75 Å². The lowest BCUT2D eigenvalue weighted by atomic mass is 9.75. The molecule has 0 spiro atoms. The molecule has 1 aromatic carbocycles. The number of likely N-dealkylation sites (N-methyl/N-ethyl adjacent to an activating group) is 1. The fourth-order valence-corrected chi connectivity index (χ4v) is 2.95. The molecule has 1 aliphatic carbocycles. The zero-order chi connectivity index (χ0) is 15.3. The van der Waals surface area contributed by atoms with Crippen LogP contribution in [0.2, 0.25) is 0 Å². The lowest BCUT2D eigenvalue weighted by Crippen LogP contribution is -2.31. The molecule has 0 saturated heterocycles. The third kappa shape index (κ3) is 4.96. The molecule has 1 aliphatic rings. The van der Waals surface area contributed by atoms with Gasteiger partial charge >= 0.3 is 0 Å². The highest BCUT2D eigenvalue weighted by Crippen LogP contribution is 2.36. The average molecular weight is 290 g/mol. The van der Waals surface area contributed by atoms with E-state index in [1.165, 1.54) is 25.7 Å². The Balaban J connectivity index is 1.93. The number of hydrogen-bond acceptors (Lipinski definition) is 3. The summed E-state index contributed by atoms with van der Waals surface area (Å²) in [6.07, 6.45) is 4.99. The normalized spacial score (nSPS) is 20.6. The summed E-state index contributed by atoms with van der Waals surface area (Å²) in [7, 11) is 1.61. The van der Waals surface area contributed by atoms with Crippen molar-refractivity contribution in [2.75, 3.05) is 19.0 Å². The van der Waals surface area contributed by atoms with Crippen LogP contribution >= 0.6 is 0 Å². The van der Waals surface area contributed by atoms with E-state index in [4.69, 9.17) is 4.74 Å². The van der Waals surface area contributed by atoms with Gasteiger partial charge in [0, 0.05) is 24.8 Å². The summed E-state index contributed by atoms with van der Waals surface area (Å²) in [5.41, 5.74) is 1.48. The van der Waals surface area contributed by atoms with E-state index >= 15 is 0 Å².